The Kier molecular flexibility index (Phi) is 2.88. The third-order valence-corrected chi connectivity index (χ3v) is 2.54. The maximum Gasteiger partial charge on any atom is 0.155 e. The molecule has 1 N–H and O–H groups in total. The lowest BCUT2D eigenvalue weighted by Gasteiger charge is -2.05. The highest BCUT2D eigenvalue weighted by atomic mass is 35.5. The van der Waals surface area contributed by atoms with Crippen LogP contribution in [0.5, 0.6) is 0 Å². The summed E-state index contributed by atoms with van der Waals surface area (Å²) in [6.45, 7) is 2.12. The highest BCUT2D eigenvalue weighted by molar-refractivity contribution is 6.30. The minimum Gasteiger partial charge on any atom is -0.317 e. The Hall–Kier alpha value is -1.13. The van der Waals surface area contributed by atoms with E-state index in [9.17, 15) is 0 Å². The topological polar surface area (TPSA) is 42.2 Å². The fourth-order valence-corrected chi connectivity index (χ4v) is 1.56. The number of likely N-dealkylation sites (N-methyl/N-ethyl adjacent to an activating group) is 1. The average molecular weight is 225 g/mol. The maximum atomic E-state index is 5.83. The third kappa shape index (κ3) is 2.27. The van der Waals surface area contributed by atoms with Crippen LogP contribution < -0.4 is 5.32 Å². The lowest BCUT2D eigenvalue weighted by Crippen LogP contribution is -2.23. The third-order valence-electron chi connectivity index (χ3n) is 2.34. The van der Waals surface area contributed by atoms with Gasteiger partial charge in [0, 0.05) is 24.7 Å². The Morgan fingerprint density at radius 1 is 1.60 bits per heavy atom. The molecule has 2 aromatic heterocycles. The van der Waals surface area contributed by atoms with Gasteiger partial charge in [-0.3, -0.25) is 0 Å². The number of rotatable bonds is 3. The van der Waals surface area contributed by atoms with Crippen molar-refractivity contribution in [1.29, 1.82) is 0 Å². The van der Waals surface area contributed by atoms with Crippen LogP contribution in [-0.4, -0.2) is 27.7 Å². The first-order chi connectivity index (χ1) is 7.19. The second-order valence-electron chi connectivity index (χ2n) is 3.60. The van der Waals surface area contributed by atoms with E-state index in [1.54, 1.807) is 16.9 Å². The molecule has 0 amide bonds. The van der Waals surface area contributed by atoms with Gasteiger partial charge in [-0.1, -0.05) is 11.6 Å². The van der Waals surface area contributed by atoms with Crippen molar-refractivity contribution in [3.63, 3.8) is 0 Å². The molecule has 2 rings (SSSR count). The van der Waals surface area contributed by atoms with Crippen molar-refractivity contribution in [3.05, 3.63) is 29.2 Å². The number of hydrogen-bond acceptors (Lipinski definition) is 3. The molecule has 80 valence electrons. The van der Waals surface area contributed by atoms with Crippen LogP contribution in [0.2, 0.25) is 5.02 Å². The van der Waals surface area contributed by atoms with Gasteiger partial charge in [-0.05, 0) is 14.0 Å². The SMILES string of the molecule is CNC(C)Cc1cc2ncc(Cl)cn2n1. The molecule has 0 aliphatic rings. The van der Waals surface area contributed by atoms with Gasteiger partial charge in [0.05, 0.1) is 16.9 Å². The number of nitrogens with one attached hydrogen (secondary N) is 1. The van der Waals surface area contributed by atoms with Crippen LogP contribution in [0.1, 0.15) is 12.6 Å². The highest BCUT2D eigenvalue weighted by Crippen LogP contribution is 2.10. The first-order valence-corrected chi connectivity index (χ1v) is 5.24. The van der Waals surface area contributed by atoms with Crippen LogP contribution >= 0.6 is 11.6 Å². The molecular weight excluding hydrogens is 212 g/mol. The highest BCUT2D eigenvalue weighted by Gasteiger charge is 2.06. The van der Waals surface area contributed by atoms with Gasteiger partial charge in [0.15, 0.2) is 5.65 Å². The van der Waals surface area contributed by atoms with Gasteiger partial charge in [0.2, 0.25) is 0 Å². The monoisotopic (exact) mass is 224 g/mol. The van der Waals surface area contributed by atoms with Gasteiger partial charge in [-0.15, -0.1) is 0 Å². The lowest BCUT2D eigenvalue weighted by molar-refractivity contribution is 0.598. The molecule has 0 spiro atoms. The molecular formula is C10H13ClN4. The Morgan fingerprint density at radius 2 is 2.40 bits per heavy atom. The summed E-state index contributed by atoms with van der Waals surface area (Å²) in [4.78, 5) is 4.18. The van der Waals surface area contributed by atoms with Gasteiger partial charge < -0.3 is 5.32 Å². The normalized spacial score (nSPS) is 13.3. The molecule has 5 heteroatoms. The molecule has 0 saturated heterocycles. The van der Waals surface area contributed by atoms with Crippen molar-refractivity contribution < 1.29 is 0 Å². The van der Waals surface area contributed by atoms with Gasteiger partial charge in [-0.2, -0.15) is 5.10 Å². The van der Waals surface area contributed by atoms with Crippen molar-refractivity contribution in [2.75, 3.05) is 7.05 Å². The summed E-state index contributed by atoms with van der Waals surface area (Å²) in [5, 5.41) is 8.16. The summed E-state index contributed by atoms with van der Waals surface area (Å²) in [6, 6.07) is 2.38. The van der Waals surface area contributed by atoms with E-state index in [1.807, 2.05) is 13.1 Å². The van der Waals surface area contributed by atoms with Crippen LogP contribution in [-0.2, 0) is 6.42 Å². The van der Waals surface area contributed by atoms with Gasteiger partial charge >= 0.3 is 0 Å². The Morgan fingerprint density at radius 3 is 3.13 bits per heavy atom. The smallest absolute Gasteiger partial charge is 0.155 e. The van der Waals surface area contributed by atoms with Crippen LogP contribution in [0.4, 0.5) is 0 Å². The number of aromatic nitrogens is 3. The zero-order chi connectivity index (χ0) is 10.8. The molecule has 2 aromatic rings. The van der Waals surface area contributed by atoms with Crippen molar-refractivity contribution in [3.8, 4) is 0 Å². The van der Waals surface area contributed by atoms with E-state index in [2.05, 4.69) is 22.3 Å². The van der Waals surface area contributed by atoms with Crippen LogP contribution in [0.15, 0.2) is 18.5 Å². The molecule has 0 fully saturated rings. The van der Waals surface area contributed by atoms with E-state index in [-0.39, 0.29) is 0 Å². The number of fused-ring (bicyclic) bond motifs is 1. The van der Waals surface area contributed by atoms with Crippen molar-refractivity contribution in [2.45, 2.75) is 19.4 Å². The van der Waals surface area contributed by atoms with Crippen LogP contribution in [0.25, 0.3) is 5.65 Å². The lowest BCUT2D eigenvalue weighted by atomic mass is 10.2. The second kappa shape index (κ2) is 4.16. The van der Waals surface area contributed by atoms with Crippen molar-refractivity contribution in [1.82, 2.24) is 19.9 Å². The van der Waals surface area contributed by atoms with Gasteiger partial charge in [0.25, 0.3) is 0 Å². The molecule has 1 atom stereocenters. The first-order valence-electron chi connectivity index (χ1n) is 4.86. The van der Waals surface area contributed by atoms with Crippen LogP contribution in [0, 0.1) is 0 Å². The van der Waals surface area contributed by atoms with E-state index in [0.29, 0.717) is 11.1 Å². The Labute approximate surface area is 93.3 Å². The zero-order valence-electron chi connectivity index (χ0n) is 8.74. The fraction of sp³-hybridized carbons (Fsp3) is 0.400. The summed E-state index contributed by atoms with van der Waals surface area (Å²) >= 11 is 5.83. The molecule has 0 aromatic carbocycles. The molecule has 2 heterocycles. The van der Waals surface area contributed by atoms with E-state index in [0.717, 1.165) is 17.8 Å². The number of halogens is 1. The van der Waals surface area contributed by atoms with Crippen molar-refractivity contribution in [2.24, 2.45) is 0 Å². The summed E-state index contributed by atoms with van der Waals surface area (Å²) in [5.41, 5.74) is 1.85. The molecule has 0 radical (unpaired) electrons. The van der Waals surface area contributed by atoms with Gasteiger partial charge in [0.1, 0.15) is 0 Å². The summed E-state index contributed by atoms with van der Waals surface area (Å²) in [5.74, 6) is 0. The molecule has 15 heavy (non-hydrogen) atoms. The second-order valence-corrected chi connectivity index (χ2v) is 4.04. The molecule has 0 aliphatic heterocycles. The first kappa shape index (κ1) is 10.4. The predicted molar refractivity (Wildman–Crippen MR) is 60.2 cm³/mol. The van der Waals surface area contributed by atoms with E-state index < -0.39 is 0 Å². The number of nitrogens with zero attached hydrogens (tertiary/aromatic N) is 3. The molecule has 0 bridgehead atoms. The quantitative estimate of drug-likeness (QED) is 0.860. The standard InChI is InChI=1S/C10H13ClN4/c1-7(12-2)3-9-4-10-13-5-8(11)6-15(10)14-9/h4-7,12H,3H2,1-2H3. The summed E-state index contributed by atoms with van der Waals surface area (Å²) in [7, 11) is 1.94. The molecule has 0 saturated carbocycles. The predicted octanol–water partition coefficient (Wildman–Crippen LogP) is 1.53. The average Bonchev–Trinajstić information content (AvgIpc) is 2.59. The summed E-state index contributed by atoms with van der Waals surface area (Å²) < 4.78 is 1.71. The Bertz CT molecular complexity index is 465. The fourth-order valence-electron chi connectivity index (χ4n) is 1.42. The molecule has 1 unspecified atom stereocenters. The van der Waals surface area contributed by atoms with E-state index >= 15 is 0 Å². The van der Waals surface area contributed by atoms with E-state index in [1.165, 1.54) is 0 Å². The number of hydrogen-bond donors (Lipinski definition) is 1. The van der Waals surface area contributed by atoms with E-state index in [4.69, 9.17) is 11.6 Å². The molecule has 0 aliphatic carbocycles. The van der Waals surface area contributed by atoms with Crippen molar-refractivity contribution >= 4 is 17.2 Å². The molecule has 4 nitrogen and oxygen atoms in total. The van der Waals surface area contributed by atoms with Gasteiger partial charge in [-0.25, -0.2) is 9.50 Å². The zero-order valence-corrected chi connectivity index (χ0v) is 9.49. The largest absolute Gasteiger partial charge is 0.317 e. The summed E-state index contributed by atoms with van der Waals surface area (Å²) in [6.07, 6.45) is 4.28. The Balaban J connectivity index is 2.30. The minimum absolute atomic E-state index is 0.408. The van der Waals surface area contributed by atoms with Crippen LogP contribution in [0.3, 0.4) is 0 Å². The maximum absolute atomic E-state index is 5.83. The minimum atomic E-state index is 0.408.